The molecule has 0 bridgehead atoms. The van der Waals surface area contributed by atoms with Gasteiger partial charge in [-0.15, -0.1) is 0 Å². The van der Waals surface area contributed by atoms with E-state index < -0.39 is 26.3 Å². The molecular formula is C11H20ClNO5S. The van der Waals surface area contributed by atoms with Gasteiger partial charge in [0.2, 0.25) is 9.05 Å². The van der Waals surface area contributed by atoms with Gasteiger partial charge in [-0.25, -0.2) is 13.2 Å². The molecule has 8 heteroatoms. The molecule has 0 aromatic carbocycles. The van der Waals surface area contributed by atoms with Crippen LogP contribution < -0.4 is 0 Å². The van der Waals surface area contributed by atoms with Gasteiger partial charge in [0, 0.05) is 10.7 Å². The number of carbonyl (C=O) groups excluding carboxylic acids is 1. The summed E-state index contributed by atoms with van der Waals surface area (Å²) in [6, 6.07) is 0. The topological polar surface area (TPSA) is 72.9 Å². The highest BCUT2D eigenvalue weighted by molar-refractivity contribution is 8.13. The fourth-order valence-corrected chi connectivity index (χ4v) is 2.17. The number of halogens is 1. The van der Waals surface area contributed by atoms with Gasteiger partial charge in [-0.3, -0.25) is 0 Å². The van der Waals surface area contributed by atoms with Crippen molar-refractivity contribution in [3.63, 3.8) is 0 Å². The second-order valence-electron chi connectivity index (χ2n) is 5.88. The number of carbonyl (C=O) groups is 1. The van der Waals surface area contributed by atoms with E-state index in [9.17, 15) is 13.2 Å². The number of ether oxygens (including phenoxy) is 2. The summed E-state index contributed by atoms with van der Waals surface area (Å²) in [6.45, 7) is 7.98. The molecule has 112 valence electrons. The molecule has 1 fully saturated rings. The Kier molecular flexibility index (Phi) is 4.75. The largest absolute Gasteiger partial charge is 0.444 e. The van der Waals surface area contributed by atoms with Crippen LogP contribution in [0.5, 0.6) is 0 Å². The molecule has 0 aromatic rings. The summed E-state index contributed by atoms with van der Waals surface area (Å²) >= 11 is 0. The summed E-state index contributed by atoms with van der Waals surface area (Å²) in [6.07, 6.45) is -0.390. The summed E-state index contributed by atoms with van der Waals surface area (Å²) in [7, 11) is 1.54. The molecule has 0 atom stereocenters. The Morgan fingerprint density at radius 2 is 1.89 bits per heavy atom. The monoisotopic (exact) mass is 313 g/mol. The van der Waals surface area contributed by atoms with Gasteiger partial charge in [0.15, 0.2) is 0 Å². The predicted octanol–water partition coefficient (Wildman–Crippen LogP) is 1.58. The lowest BCUT2D eigenvalue weighted by atomic mass is 9.97. The molecule has 1 rings (SSSR count). The molecule has 0 aliphatic carbocycles. The average Bonchev–Trinajstić information content (AvgIpc) is 2.08. The quantitative estimate of drug-likeness (QED) is 0.737. The summed E-state index contributed by atoms with van der Waals surface area (Å²) in [5.74, 6) is -0.240. The van der Waals surface area contributed by atoms with E-state index in [1.54, 1.807) is 20.8 Å². The lowest BCUT2D eigenvalue weighted by Gasteiger charge is -2.47. The Labute approximate surface area is 118 Å². The highest BCUT2D eigenvalue weighted by Crippen LogP contribution is 2.26. The standard InChI is InChI=1S/C11H20ClNO5S/c1-10(2,3)18-9(14)13-7-11(4,8-13)17-5-6-19(12,15)16/h5-8H2,1-4H3. The molecule has 1 aliphatic rings. The highest BCUT2D eigenvalue weighted by Gasteiger charge is 2.44. The van der Waals surface area contributed by atoms with E-state index in [4.69, 9.17) is 20.2 Å². The molecule has 0 N–H and O–H groups in total. The first-order valence-corrected chi connectivity index (χ1v) is 8.42. The number of nitrogens with zero attached hydrogens (tertiary/aromatic N) is 1. The van der Waals surface area contributed by atoms with Crippen LogP contribution in [-0.2, 0) is 18.5 Å². The van der Waals surface area contributed by atoms with E-state index in [2.05, 4.69) is 0 Å². The van der Waals surface area contributed by atoms with E-state index in [0.29, 0.717) is 13.1 Å². The Morgan fingerprint density at radius 3 is 2.32 bits per heavy atom. The van der Waals surface area contributed by atoms with E-state index >= 15 is 0 Å². The molecule has 1 heterocycles. The Balaban J connectivity index is 2.33. The Hall–Kier alpha value is -0.530. The Morgan fingerprint density at radius 1 is 1.37 bits per heavy atom. The van der Waals surface area contributed by atoms with Gasteiger partial charge in [0.1, 0.15) is 11.2 Å². The van der Waals surface area contributed by atoms with Gasteiger partial charge < -0.3 is 14.4 Å². The van der Waals surface area contributed by atoms with E-state index in [1.165, 1.54) is 4.90 Å². The van der Waals surface area contributed by atoms with Crippen LogP contribution in [0.25, 0.3) is 0 Å². The molecule has 0 spiro atoms. The number of amides is 1. The van der Waals surface area contributed by atoms with Gasteiger partial charge in [0.25, 0.3) is 0 Å². The third-order valence-corrected chi connectivity index (χ3v) is 3.60. The van der Waals surface area contributed by atoms with Crippen molar-refractivity contribution in [2.45, 2.75) is 38.9 Å². The van der Waals surface area contributed by atoms with Crippen molar-refractivity contribution >= 4 is 25.8 Å². The van der Waals surface area contributed by atoms with E-state index in [-0.39, 0.29) is 12.4 Å². The second-order valence-corrected chi connectivity index (χ2v) is 8.77. The van der Waals surface area contributed by atoms with Gasteiger partial charge >= 0.3 is 6.09 Å². The zero-order valence-electron chi connectivity index (χ0n) is 11.6. The summed E-state index contributed by atoms with van der Waals surface area (Å²) < 4.78 is 32.2. The first-order valence-electron chi connectivity index (χ1n) is 5.94. The third-order valence-electron chi connectivity index (χ3n) is 2.48. The third kappa shape index (κ3) is 5.97. The van der Waals surface area contributed by atoms with Crippen LogP contribution in [0.4, 0.5) is 4.79 Å². The van der Waals surface area contributed by atoms with Crippen molar-refractivity contribution in [2.24, 2.45) is 0 Å². The van der Waals surface area contributed by atoms with Crippen molar-refractivity contribution in [2.75, 3.05) is 25.4 Å². The average molecular weight is 314 g/mol. The zero-order chi connectivity index (χ0) is 14.9. The fraction of sp³-hybridized carbons (Fsp3) is 0.909. The summed E-state index contributed by atoms with van der Waals surface area (Å²) in [5, 5.41) is 0. The maximum atomic E-state index is 11.7. The molecular weight excluding hydrogens is 294 g/mol. The van der Waals surface area contributed by atoms with Crippen molar-refractivity contribution in [3.8, 4) is 0 Å². The highest BCUT2D eigenvalue weighted by atomic mass is 35.7. The van der Waals surface area contributed by atoms with Crippen LogP contribution in [0.3, 0.4) is 0 Å². The van der Waals surface area contributed by atoms with Crippen LogP contribution in [-0.4, -0.2) is 56.1 Å². The molecule has 19 heavy (non-hydrogen) atoms. The normalized spacial score (nSPS) is 18.9. The van der Waals surface area contributed by atoms with Crippen LogP contribution >= 0.6 is 10.7 Å². The van der Waals surface area contributed by atoms with Crippen molar-refractivity contribution in [1.29, 1.82) is 0 Å². The SMILES string of the molecule is CC(C)(C)OC(=O)N1CC(C)(OCCS(=O)(=O)Cl)C1. The molecule has 1 amide bonds. The second kappa shape index (κ2) is 5.46. The number of likely N-dealkylation sites (tertiary alicyclic amines) is 1. The molecule has 1 saturated heterocycles. The number of hydrogen-bond donors (Lipinski definition) is 0. The van der Waals surface area contributed by atoms with E-state index in [1.807, 2.05) is 6.92 Å². The minimum absolute atomic E-state index is 0.0183. The smallest absolute Gasteiger partial charge is 0.410 e. The number of hydrogen-bond acceptors (Lipinski definition) is 5. The van der Waals surface area contributed by atoms with Crippen LogP contribution in [0.15, 0.2) is 0 Å². The predicted molar refractivity (Wildman–Crippen MR) is 71.8 cm³/mol. The van der Waals surface area contributed by atoms with Crippen LogP contribution in [0.2, 0.25) is 0 Å². The molecule has 1 aliphatic heterocycles. The van der Waals surface area contributed by atoms with Crippen molar-refractivity contribution in [1.82, 2.24) is 4.90 Å². The maximum Gasteiger partial charge on any atom is 0.410 e. The van der Waals surface area contributed by atoms with E-state index in [0.717, 1.165) is 0 Å². The zero-order valence-corrected chi connectivity index (χ0v) is 13.2. The van der Waals surface area contributed by atoms with Crippen LogP contribution in [0.1, 0.15) is 27.7 Å². The minimum atomic E-state index is -3.54. The van der Waals surface area contributed by atoms with Gasteiger partial charge in [-0.2, -0.15) is 0 Å². The lowest BCUT2D eigenvalue weighted by Crippen LogP contribution is -2.63. The van der Waals surface area contributed by atoms with Crippen molar-refractivity contribution in [3.05, 3.63) is 0 Å². The summed E-state index contributed by atoms with van der Waals surface area (Å²) in [4.78, 5) is 13.2. The first-order chi connectivity index (χ1) is 8.40. The fourth-order valence-electron chi connectivity index (χ4n) is 1.70. The molecule has 6 nitrogen and oxygen atoms in total. The number of rotatable bonds is 4. The van der Waals surface area contributed by atoms with Crippen molar-refractivity contribution < 1.29 is 22.7 Å². The molecule has 0 unspecified atom stereocenters. The minimum Gasteiger partial charge on any atom is -0.444 e. The molecule has 0 radical (unpaired) electrons. The van der Waals surface area contributed by atoms with Gasteiger partial charge in [-0.05, 0) is 27.7 Å². The molecule has 0 aromatic heterocycles. The Bertz CT molecular complexity index is 436. The molecule has 0 saturated carbocycles. The van der Waals surface area contributed by atoms with Crippen LogP contribution in [0, 0.1) is 0 Å². The van der Waals surface area contributed by atoms with Gasteiger partial charge in [0.05, 0.1) is 25.4 Å². The lowest BCUT2D eigenvalue weighted by molar-refractivity contribution is -0.124. The first kappa shape index (κ1) is 16.5. The maximum absolute atomic E-state index is 11.7. The van der Waals surface area contributed by atoms with Gasteiger partial charge in [-0.1, -0.05) is 0 Å². The summed E-state index contributed by atoms with van der Waals surface area (Å²) in [5.41, 5.74) is -1.06.